The maximum Gasteiger partial charge on any atom is 0.348 e. The first kappa shape index (κ1) is 20.6. The number of aromatic hydroxyl groups is 2. The van der Waals surface area contributed by atoms with Crippen molar-refractivity contribution in [2.24, 2.45) is 7.05 Å². The summed E-state index contributed by atoms with van der Waals surface area (Å²) < 4.78 is 3.44. The van der Waals surface area contributed by atoms with Gasteiger partial charge in [-0.1, -0.05) is 29.8 Å². The molecular weight excluding hydrogens is 416 g/mol. The van der Waals surface area contributed by atoms with Crippen molar-refractivity contribution in [1.82, 2.24) is 19.3 Å². The Morgan fingerprint density at radius 3 is 2.52 bits per heavy atom. The molecular formula is C26H24N4O3. The number of hydrogen-bond acceptors (Lipinski definition) is 4. The minimum atomic E-state index is -0.408. The summed E-state index contributed by atoms with van der Waals surface area (Å²) in [6.45, 7) is 2.04. The molecule has 7 heteroatoms. The highest BCUT2D eigenvalue weighted by Gasteiger charge is 2.19. The van der Waals surface area contributed by atoms with E-state index in [-0.39, 0.29) is 17.3 Å². The maximum absolute atomic E-state index is 12.7. The predicted molar refractivity (Wildman–Crippen MR) is 128 cm³/mol. The lowest BCUT2D eigenvalue weighted by molar-refractivity contribution is 0.446. The highest BCUT2D eigenvalue weighted by Crippen LogP contribution is 2.35. The Labute approximate surface area is 190 Å². The Balaban J connectivity index is 1.54. The molecule has 2 heterocycles. The average Bonchev–Trinajstić information content (AvgIpc) is 3.36. The molecule has 33 heavy (non-hydrogen) atoms. The number of benzene rings is 3. The molecule has 0 amide bonds. The molecule has 3 aromatic carbocycles. The van der Waals surface area contributed by atoms with E-state index in [4.69, 9.17) is 0 Å². The van der Waals surface area contributed by atoms with Crippen LogP contribution in [0, 0.1) is 6.92 Å². The Hall–Kier alpha value is -4.26. The summed E-state index contributed by atoms with van der Waals surface area (Å²) in [6, 6.07) is 18.9. The third-order valence-corrected chi connectivity index (χ3v) is 6.04. The van der Waals surface area contributed by atoms with E-state index in [9.17, 15) is 15.0 Å². The second-order valence-electron chi connectivity index (χ2n) is 8.34. The lowest BCUT2D eigenvalue weighted by Crippen LogP contribution is -2.15. The zero-order valence-corrected chi connectivity index (χ0v) is 18.4. The highest BCUT2D eigenvalue weighted by molar-refractivity contribution is 5.82. The molecule has 7 nitrogen and oxygen atoms in total. The fraction of sp³-hybridized carbons (Fsp3) is 0.154. The van der Waals surface area contributed by atoms with E-state index in [1.807, 2.05) is 49.0 Å². The third kappa shape index (κ3) is 3.78. The molecule has 0 aliphatic rings. The molecule has 0 saturated carbocycles. The number of aromatic amines is 1. The summed E-state index contributed by atoms with van der Waals surface area (Å²) in [7, 11) is 1.96. The topological polar surface area (TPSA) is 96.1 Å². The number of nitrogens with one attached hydrogen (secondary N) is 1. The molecule has 0 spiro atoms. The van der Waals surface area contributed by atoms with Gasteiger partial charge in [-0.15, -0.1) is 0 Å². The van der Waals surface area contributed by atoms with Gasteiger partial charge < -0.3 is 14.8 Å². The minimum Gasteiger partial charge on any atom is -0.508 e. The Kier molecular flexibility index (Phi) is 5.01. The van der Waals surface area contributed by atoms with Crippen molar-refractivity contribution in [3.05, 3.63) is 94.0 Å². The van der Waals surface area contributed by atoms with Crippen LogP contribution in [0.5, 0.6) is 11.5 Å². The Morgan fingerprint density at radius 1 is 0.939 bits per heavy atom. The summed E-state index contributed by atoms with van der Waals surface area (Å²) in [4.78, 5) is 12.7. The zero-order chi connectivity index (χ0) is 23.1. The molecule has 5 rings (SSSR count). The molecule has 0 fully saturated rings. The van der Waals surface area contributed by atoms with Crippen LogP contribution in [0.3, 0.4) is 0 Å². The average molecular weight is 441 g/mol. The van der Waals surface area contributed by atoms with Crippen molar-refractivity contribution < 1.29 is 10.2 Å². The van der Waals surface area contributed by atoms with E-state index in [1.54, 1.807) is 6.07 Å². The third-order valence-electron chi connectivity index (χ3n) is 6.04. The van der Waals surface area contributed by atoms with Gasteiger partial charge in [0.1, 0.15) is 11.5 Å². The first-order valence-corrected chi connectivity index (χ1v) is 10.7. The van der Waals surface area contributed by atoms with E-state index < -0.39 is 5.69 Å². The summed E-state index contributed by atoms with van der Waals surface area (Å²) in [5, 5.41) is 28.7. The number of aryl methyl sites for hydroxylation is 4. The largest absolute Gasteiger partial charge is 0.508 e. The minimum absolute atomic E-state index is 0.0125. The summed E-state index contributed by atoms with van der Waals surface area (Å²) in [5.74, 6) is 0.149. The van der Waals surface area contributed by atoms with Crippen LogP contribution in [-0.2, 0) is 19.9 Å². The van der Waals surface area contributed by atoms with Gasteiger partial charge in [0.15, 0.2) is 5.82 Å². The van der Waals surface area contributed by atoms with Crippen LogP contribution in [0.2, 0.25) is 0 Å². The molecule has 0 bridgehead atoms. The number of aromatic nitrogens is 4. The van der Waals surface area contributed by atoms with Gasteiger partial charge in [0.2, 0.25) is 0 Å². The van der Waals surface area contributed by atoms with Crippen LogP contribution < -0.4 is 5.69 Å². The van der Waals surface area contributed by atoms with Crippen molar-refractivity contribution in [2.75, 3.05) is 0 Å². The van der Waals surface area contributed by atoms with E-state index in [2.05, 4.69) is 34.5 Å². The van der Waals surface area contributed by atoms with Crippen LogP contribution in [0.15, 0.2) is 71.7 Å². The van der Waals surface area contributed by atoms with Crippen molar-refractivity contribution in [1.29, 1.82) is 0 Å². The second-order valence-corrected chi connectivity index (χ2v) is 8.34. The lowest BCUT2D eigenvalue weighted by Gasteiger charge is -2.12. The molecule has 5 aromatic rings. The first-order chi connectivity index (χ1) is 15.9. The zero-order valence-electron chi connectivity index (χ0n) is 18.4. The highest BCUT2D eigenvalue weighted by atomic mass is 16.3. The van der Waals surface area contributed by atoms with Crippen molar-refractivity contribution in [3.8, 4) is 28.6 Å². The Morgan fingerprint density at radius 2 is 1.73 bits per heavy atom. The number of H-pyrrole nitrogens is 1. The van der Waals surface area contributed by atoms with Crippen LogP contribution in [0.25, 0.3) is 28.0 Å². The Bertz CT molecular complexity index is 1520. The molecule has 0 radical (unpaired) electrons. The van der Waals surface area contributed by atoms with Crippen LogP contribution in [0.4, 0.5) is 0 Å². The number of nitrogens with zero attached hydrogens (tertiary/aromatic N) is 3. The van der Waals surface area contributed by atoms with Crippen LogP contribution in [-0.4, -0.2) is 29.5 Å². The van der Waals surface area contributed by atoms with E-state index in [0.29, 0.717) is 23.2 Å². The smallest absolute Gasteiger partial charge is 0.348 e. The molecule has 166 valence electrons. The summed E-state index contributed by atoms with van der Waals surface area (Å²) in [6.07, 6.45) is 3.27. The molecule has 0 atom stereocenters. The molecule has 0 unspecified atom stereocenters. The maximum atomic E-state index is 12.7. The van der Waals surface area contributed by atoms with Gasteiger partial charge in [-0.25, -0.2) is 14.5 Å². The molecule has 2 aromatic heterocycles. The molecule has 0 aliphatic carbocycles. The van der Waals surface area contributed by atoms with Gasteiger partial charge in [-0.05, 0) is 61.2 Å². The van der Waals surface area contributed by atoms with Gasteiger partial charge in [0.05, 0.1) is 11.3 Å². The monoisotopic (exact) mass is 440 g/mol. The van der Waals surface area contributed by atoms with E-state index in [1.165, 1.54) is 16.2 Å². The molecule has 3 N–H and O–H groups in total. The number of rotatable bonds is 5. The predicted octanol–water partition coefficient (Wildman–Crippen LogP) is 4.22. The molecule has 0 aliphatic heterocycles. The number of fused-ring (bicyclic) bond motifs is 1. The SMILES string of the molecule is Cc1ccc(CCc2cc(-c3n[nH]c(=O)n3-c3ccc4c(ccn4C)c3)c(O)cc2O)cc1. The normalized spacial score (nSPS) is 11.3. The van der Waals surface area contributed by atoms with Crippen LogP contribution >= 0.6 is 0 Å². The van der Waals surface area contributed by atoms with Gasteiger partial charge in [-0.2, -0.15) is 5.10 Å². The fourth-order valence-electron chi connectivity index (χ4n) is 4.16. The molecule has 0 saturated heterocycles. The van der Waals surface area contributed by atoms with Gasteiger partial charge in [0.25, 0.3) is 0 Å². The van der Waals surface area contributed by atoms with Gasteiger partial charge >= 0.3 is 5.69 Å². The quantitative estimate of drug-likeness (QED) is 0.381. The fourth-order valence-corrected chi connectivity index (χ4v) is 4.16. The first-order valence-electron chi connectivity index (χ1n) is 10.7. The van der Waals surface area contributed by atoms with Crippen molar-refractivity contribution in [2.45, 2.75) is 19.8 Å². The standard InChI is InChI=1S/C26H24N4O3/c1-16-3-5-17(6-4-16)7-8-19-14-21(24(32)15-23(19)31)25-27-28-26(33)30(25)20-9-10-22-18(13-20)11-12-29(22)2/h3-6,9-15,31-32H,7-8H2,1-2H3,(H,28,33). The number of phenols is 2. The van der Waals surface area contributed by atoms with E-state index >= 15 is 0 Å². The van der Waals surface area contributed by atoms with Crippen molar-refractivity contribution >= 4 is 10.9 Å². The summed E-state index contributed by atoms with van der Waals surface area (Å²) >= 11 is 0. The van der Waals surface area contributed by atoms with Crippen molar-refractivity contribution in [3.63, 3.8) is 0 Å². The van der Waals surface area contributed by atoms with E-state index in [0.717, 1.165) is 22.9 Å². The van der Waals surface area contributed by atoms with Gasteiger partial charge in [-0.3, -0.25) is 0 Å². The number of phenolic OH excluding ortho intramolecular Hbond substituents is 2. The lowest BCUT2D eigenvalue weighted by atomic mass is 10.00. The summed E-state index contributed by atoms with van der Waals surface area (Å²) in [5.41, 5.74) is 4.66. The number of hydrogen-bond donors (Lipinski definition) is 3. The van der Waals surface area contributed by atoms with Crippen LogP contribution in [0.1, 0.15) is 16.7 Å². The second kappa shape index (κ2) is 8.02. The van der Waals surface area contributed by atoms with Gasteiger partial charge in [0, 0.05) is 30.2 Å².